The van der Waals surface area contributed by atoms with Crippen molar-refractivity contribution in [1.82, 2.24) is 4.90 Å². The van der Waals surface area contributed by atoms with E-state index in [2.05, 4.69) is 6.92 Å². The van der Waals surface area contributed by atoms with Crippen molar-refractivity contribution >= 4 is 16.9 Å². The monoisotopic (exact) mass is 405 g/mol. The van der Waals surface area contributed by atoms with Gasteiger partial charge in [-0.1, -0.05) is 64.7 Å². The molecular formula is C19H35NO6S. The Morgan fingerprint density at radius 1 is 0.926 bits per heavy atom. The average Bonchev–Trinajstić information content (AvgIpc) is 3.03. The second kappa shape index (κ2) is 11.3. The number of rotatable bonds is 12. The maximum Gasteiger partial charge on any atom is 0.411 e. The first-order valence-electron chi connectivity index (χ1n) is 10.4. The second-order valence-corrected chi connectivity index (χ2v) is 9.33. The zero-order chi connectivity index (χ0) is 19.8. The highest BCUT2D eigenvalue weighted by atomic mass is 32.2. The number of hydrogen-bond acceptors (Lipinski definition) is 6. The third-order valence-electron chi connectivity index (χ3n) is 5.57. The van der Waals surface area contributed by atoms with E-state index in [1.807, 2.05) is 0 Å². The van der Waals surface area contributed by atoms with Crippen LogP contribution in [0.1, 0.15) is 71.1 Å². The van der Waals surface area contributed by atoms with Crippen molar-refractivity contribution in [2.45, 2.75) is 101 Å². The molecule has 0 radical (unpaired) electrons. The molecule has 27 heavy (non-hydrogen) atoms. The van der Waals surface area contributed by atoms with Gasteiger partial charge in [0.15, 0.2) is 0 Å². The molecule has 1 amide bonds. The molecule has 8 heteroatoms. The van der Waals surface area contributed by atoms with Crippen LogP contribution in [0.5, 0.6) is 0 Å². The average molecular weight is 406 g/mol. The van der Waals surface area contributed by atoms with Crippen LogP contribution in [0.2, 0.25) is 0 Å². The summed E-state index contributed by atoms with van der Waals surface area (Å²) in [5, 5.41) is 29.3. The van der Waals surface area contributed by atoms with Crippen LogP contribution in [-0.2, 0) is 15.5 Å². The molecule has 0 aromatic carbocycles. The van der Waals surface area contributed by atoms with Crippen LogP contribution in [0.15, 0.2) is 0 Å². The first kappa shape index (κ1) is 22.6. The van der Waals surface area contributed by atoms with Crippen molar-refractivity contribution in [3.63, 3.8) is 0 Å². The quantitative estimate of drug-likeness (QED) is 0.428. The lowest BCUT2D eigenvalue weighted by Crippen LogP contribution is -2.66. The molecule has 2 heterocycles. The minimum Gasteiger partial charge on any atom is -0.447 e. The van der Waals surface area contributed by atoms with Gasteiger partial charge in [0.2, 0.25) is 0 Å². The number of nitrogens with zero attached hydrogens (tertiary/aromatic N) is 1. The Hall–Kier alpha value is -0.700. The molecule has 2 aliphatic rings. The Labute approximate surface area is 164 Å². The number of carbonyl (C=O) groups excluding carboxylic acids is 1. The molecule has 0 spiro atoms. The van der Waals surface area contributed by atoms with Crippen molar-refractivity contribution in [3.05, 3.63) is 0 Å². The summed E-state index contributed by atoms with van der Waals surface area (Å²) in [6.07, 6.45) is 6.84. The molecule has 6 atom stereocenters. The van der Waals surface area contributed by atoms with Gasteiger partial charge >= 0.3 is 6.09 Å². The number of carbonyl (C=O) groups is 1. The third kappa shape index (κ3) is 5.89. The molecular weight excluding hydrogens is 370 g/mol. The molecule has 0 unspecified atom stereocenters. The van der Waals surface area contributed by atoms with Crippen LogP contribution < -0.4 is 0 Å². The van der Waals surface area contributed by atoms with Crippen LogP contribution >= 0.6 is 0 Å². The van der Waals surface area contributed by atoms with Crippen molar-refractivity contribution in [2.24, 2.45) is 0 Å². The van der Waals surface area contributed by atoms with E-state index in [4.69, 9.17) is 4.74 Å². The predicted molar refractivity (Wildman–Crippen MR) is 104 cm³/mol. The Balaban J connectivity index is 1.69. The van der Waals surface area contributed by atoms with Gasteiger partial charge in [-0.15, -0.1) is 0 Å². The maximum atomic E-state index is 12.7. The number of cyclic esters (lactones) is 1. The van der Waals surface area contributed by atoms with Gasteiger partial charge in [-0.3, -0.25) is 9.11 Å². The summed E-state index contributed by atoms with van der Waals surface area (Å²) < 4.78 is 17.6. The van der Waals surface area contributed by atoms with Crippen molar-refractivity contribution in [2.75, 3.05) is 12.4 Å². The molecule has 0 saturated carbocycles. The SMILES string of the molecule is CCCCCCCCCCCC[S@](=O)[C@@H]1[C@H](O)[C@@H](O)[C@@H](O)[C@H]2COC(=O)N21. The molecule has 2 aliphatic heterocycles. The summed E-state index contributed by atoms with van der Waals surface area (Å²) in [7, 11) is -1.51. The van der Waals surface area contributed by atoms with Gasteiger partial charge < -0.3 is 20.1 Å². The Morgan fingerprint density at radius 2 is 1.48 bits per heavy atom. The van der Waals surface area contributed by atoms with Crippen molar-refractivity contribution in [1.29, 1.82) is 0 Å². The Morgan fingerprint density at radius 3 is 2.07 bits per heavy atom. The molecule has 2 rings (SSSR count). The standard InChI is InChI=1S/C19H35NO6S/c1-2-3-4-5-6-7-8-9-10-11-12-27(25)18-17(23)16(22)15(21)14-13-26-19(24)20(14)18/h14-18,21-23H,2-13H2,1H3/t14-,15+,16+,17-,18-,27+/m1/s1. The molecule has 0 aromatic rings. The van der Waals surface area contributed by atoms with E-state index >= 15 is 0 Å². The number of unbranched alkanes of at least 4 members (excludes halogenated alkanes) is 9. The zero-order valence-electron chi connectivity index (χ0n) is 16.3. The van der Waals surface area contributed by atoms with Gasteiger partial charge in [0.1, 0.15) is 30.3 Å². The maximum absolute atomic E-state index is 12.7. The summed E-state index contributed by atoms with van der Waals surface area (Å²) in [6.45, 7) is 2.15. The fourth-order valence-corrected chi connectivity index (χ4v) is 5.60. The predicted octanol–water partition coefficient (Wildman–Crippen LogP) is 1.90. The number of amides is 1. The van der Waals surface area contributed by atoms with E-state index in [0.717, 1.165) is 24.2 Å². The highest BCUT2D eigenvalue weighted by Gasteiger charge is 2.55. The molecule has 3 N–H and O–H groups in total. The van der Waals surface area contributed by atoms with E-state index in [-0.39, 0.29) is 6.61 Å². The topological polar surface area (TPSA) is 107 Å². The van der Waals surface area contributed by atoms with Gasteiger partial charge in [-0.2, -0.15) is 0 Å². The van der Waals surface area contributed by atoms with E-state index in [0.29, 0.717) is 5.75 Å². The molecule has 0 aromatic heterocycles. The van der Waals surface area contributed by atoms with Crippen molar-refractivity contribution in [3.8, 4) is 0 Å². The number of ether oxygens (including phenoxy) is 1. The van der Waals surface area contributed by atoms with Crippen LogP contribution in [0.4, 0.5) is 4.79 Å². The summed E-state index contributed by atoms with van der Waals surface area (Å²) in [6, 6.07) is -0.752. The normalized spacial score (nSPS) is 31.6. The zero-order valence-corrected chi connectivity index (χ0v) is 17.1. The molecule has 0 aliphatic carbocycles. The smallest absolute Gasteiger partial charge is 0.411 e. The fraction of sp³-hybridized carbons (Fsp3) is 0.947. The summed E-state index contributed by atoms with van der Waals surface area (Å²) >= 11 is 0. The summed E-state index contributed by atoms with van der Waals surface area (Å²) in [5.41, 5.74) is 0. The molecule has 158 valence electrons. The van der Waals surface area contributed by atoms with Crippen LogP contribution in [0.3, 0.4) is 0 Å². The highest BCUT2D eigenvalue weighted by Crippen LogP contribution is 2.31. The number of aliphatic hydroxyl groups is 3. The molecule has 0 bridgehead atoms. The number of hydrogen-bond donors (Lipinski definition) is 3. The van der Waals surface area contributed by atoms with E-state index < -0.39 is 46.6 Å². The Kier molecular flexibility index (Phi) is 9.48. The summed E-state index contributed by atoms with van der Waals surface area (Å²) in [4.78, 5) is 13.1. The van der Waals surface area contributed by atoms with Gasteiger partial charge in [0.25, 0.3) is 0 Å². The minimum absolute atomic E-state index is 0.0598. The number of piperidine rings is 1. The molecule has 7 nitrogen and oxygen atoms in total. The van der Waals surface area contributed by atoms with Gasteiger partial charge in [-0.25, -0.2) is 4.79 Å². The van der Waals surface area contributed by atoms with E-state index in [9.17, 15) is 24.3 Å². The molecule has 2 saturated heterocycles. The first-order chi connectivity index (χ1) is 13.0. The van der Waals surface area contributed by atoms with Crippen molar-refractivity contribution < 1.29 is 29.1 Å². The van der Waals surface area contributed by atoms with E-state index in [1.165, 1.54) is 44.9 Å². The van der Waals surface area contributed by atoms with Crippen LogP contribution in [0, 0.1) is 0 Å². The van der Waals surface area contributed by atoms with Gasteiger partial charge in [-0.05, 0) is 6.42 Å². The Bertz CT molecular complexity index is 491. The number of fused-ring (bicyclic) bond motifs is 1. The fourth-order valence-electron chi connectivity index (χ4n) is 3.90. The first-order valence-corrected chi connectivity index (χ1v) is 11.7. The van der Waals surface area contributed by atoms with Crippen LogP contribution in [-0.4, -0.2) is 72.6 Å². The lowest BCUT2D eigenvalue weighted by Gasteiger charge is -2.43. The van der Waals surface area contributed by atoms with Gasteiger partial charge in [0, 0.05) is 16.6 Å². The largest absolute Gasteiger partial charge is 0.447 e. The lowest BCUT2D eigenvalue weighted by atomic mass is 9.95. The summed E-state index contributed by atoms with van der Waals surface area (Å²) in [5.74, 6) is 0.359. The third-order valence-corrected chi connectivity index (χ3v) is 7.31. The van der Waals surface area contributed by atoms with Gasteiger partial charge in [0.05, 0.1) is 6.04 Å². The molecule has 2 fully saturated rings. The highest BCUT2D eigenvalue weighted by molar-refractivity contribution is 7.85. The minimum atomic E-state index is -1.51. The van der Waals surface area contributed by atoms with Crippen LogP contribution in [0.25, 0.3) is 0 Å². The second-order valence-electron chi connectivity index (χ2n) is 7.68. The lowest BCUT2D eigenvalue weighted by molar-refractivity contribution is -0.125. The van der Waals surface area contributed by atoms with E-state index in [1.54, 1.807) is 0 Å². The number of aliphatic hydroxyl groups excluding tert-OH is 3.